The molecule has 1 aromatic heterocycles. The molecule has 1 aliphatic rings. The Morgan fingerprint density at radius 1 is 1.50 bits per heavy atom. The number of thiazole rings is 1. The fourth-order valence-electron chi connectivity index (χ4n) is 2.14. The van der Waals surface area contributed by atoms with Crippen LogP contribution in [0, 0.1) is 0 Å². The van der Waals surface area contributed by atoms with Gasteiger partial charge in [0, 0.05) is 23.9 Å². The van der Waals surface area contributed by atoms with Gasteiger partial charge < -0.3 is 10.0 Å². The van der Waals surface area contributed by atoms with E-state index < -0.39 is 6.10 Å². The van der Waals surface area contributed by atoms with Crippen LogP contribution in [0.25, 0.3) is 0 Å². The first-order valence-corrected chi connectivity index (χ1v) is 6.83. The summed E-state index contributed by atoms with van der Waals surface area (Å²) >= 11 is 1.69. The van der Waals surface area contributed by atoms with Crippen molar-refractivity contribution in [1.82, 2.24) is 9.88 Å². The van der Waals surface area contributed by atoms with E-state index in [1.807, 2.05) is 5.38 Å². The van der Waals surface area contributed by atoms with Gasteiger partial charge in [0.05, 0.1) is 16.8 Å². The lowest BCUT2D eigenvalue weighted by molar-refractivity contribution is 0.195. The van der Waals surface area contributed by atoms with Crippen molar-refractivity contribution in [3.8, 4) is 0 Å². The molecule has 1 aromatic rings. The summed E-state index contributed by atoms with van der Waals surface area (Å²) in [5.74, 6) is 0.569. The first-order chi connectivity index (χ1) is 7.58. The number of hydrogen-bond acceptors (Lipinski definition) is 4. The van der Waals surface area contributed by atoms with E-state index in [2.05, 4.69) is 23.7 Å². The van der Waals surface area contributed by atoms with Crippen LogP contribution in [0.1, 0.15) is 49.9 Å². The van der Waals surface area contributed by atoms with Crippen molar-refractivity contribution < 1.29 is 5.11 Å². The van der Waals surface area contributed by atoms with Crippen LogP contribution in [0.3, 0.4) is 0 Å². The molecule has 3 nitrogen and oxygen atoms in total. The Morgan fingerprint density at radius 2 is 2.25 bits per heavy atom. The van der Waals surface area contributed by atoms with Gasteiger partial charge in [-0.2, -0.15) is 0 Å². The summed E-state index contributed by atoms with van der Waals surface area (Å²) in [5.41, 5.74) is 0.822. The van der Waals surface area contributed by atoms with E-state index in [1.165, 1.54) is 18.0 Å². The molecule has 2 rings (SSSR count). The third-order valence-corrected chi connectivity index (χ3v) is 4.29. The quantitative estimate of drug-likeness (QED) is 0.881. The summed E-state index contributed by atoms with van der Waals surface area (Å²) in [7, 11) is 0. The number of hydrogen-bond donors (Lipinski definition) is 1. The monoisotopic (exact) mass is 240 g/mol. The zero-order valence-corrected chi connectivity index (χ0v) is 11.0. The smallest absolute Gasteiger partial charge is 0.0973 e. The van der Waals surface area contributed by atoms with Crippen LogP contribution in [-0.2, 0) is 0 Å². The highest BCUT2D eigenvalue weighted by Crippen LogP contribution is 2.31. The molecule has 0 amide bonds. The average molecular weight is 240 g/mol. The van der Waals surface area contributed by atoms with Gasteiger partial charge in [0.1, 0.15) is 0 Å². The topological polar surface area (TPSA) is 36.4 Å². The predicted molar refractivity (Wildman–Crippen MR) is 66.8 cm³/mol. The summed E-state index contributed by atoms with van der Waals surface area (Å²) in [5, 5.41) is 12.6. The molecular formula is C12H20N2OS. The maximum Gasteiger partial charge on any atom is 0.0973 e. The van der Waals surface area contributed by atoms with E-state index in [4.69, 9.17) is 0 Å². The van der Waals surface area contributed by atoms with Crippen molar-refractivity contribution in [1.29, 1.82) is 0 Å². The van der Waals surface area contributed by atoms with E-state index in [-0.39, 0.29) is 0 Å². The Hall–Kier alpha value is -0.450. The van der Waals surface area contributed by atoms with Crippen LogP contribution in [-0.4, -0.2) is 34.1 Å². The summed E-state index contributed by atoms with van der Waals surface area (Å²) in [6, 6.07) is 0.626. The van der Waals surface area contributed by atoms with Crippen molar-refractivity contribution in [2.24, 2.45) is 0 Å². The van der Waals surface area contributed by atoms with Gasteiger partial charge >= 0.3 is 0 Å². The van der Waals surface area contributed by atoms with Crippen LogP contribution < -0.4 is 0 Å². The predicted octanol–water partition coefficient (Wildman–Crippen LogP) is 2.39. The molecule has 2 heterocycles. The second-order valence-corrected chi connectivity index (χ2v) is 5.75. The van der Waals surface area contributed by atoms with Gasteiger partial charge in [-0.3, -0.25) is 0 Å². The minimum Gasteiger partial charge on any atom is -0.387 e. The van der Waals surface area contributed by atoms with Gasteiger partial charge in [0.15, 0.2) is 0 Å². The minimum absolute atomic E-state index is 0.437. The lowest BCUT2D eigenvalue weighted by Gasteiger charge is -2.19. The lowest BCUT2D eigenvalue weighted by atomic mass is 10.1. The summed E-state index contributed by atoms with van der Waals surface area (Å²) < 4.78 is 0. The third-order valence-electron chi connectivity index (χ3n) is 3.27. The molecule has 0 bridgehead atoms. The average Bonchev–Trinajstić information content (AvgIpc) is 2.86. The molecule has 4 heteroatoms. The maximum atomic E-state index is 9.45. The summed E-state index contributed by atoms with van der Waals surface area (Å²) in [6.07, 6.45) is 0.762. The Bertz CT molecular complexity index is 349. The van der Waals surface area contributed by atoms with Crippen LogP contribution in [0.2, 0.25) is 0 Å². The molecule has 0 saturated carbocycles. The summed E-state index contributed by atoms with van der Waals surface area (Å²) in [4.78, 5) is 7.02. The Kier molecular flexibility index (Phi) is 3.62. The normalized spacial score (nSPS) is 24.2. The molecule has 2 unspecified atom stereocenters. The van der Waals surface area contributed by atoms with Crippen molar-refractivity contribution in [3.63, 3.8) is 0 Å². The van der Waals surface area contributed by atoms with Gasteiger partial charge in [0.25, 0.3) is 0 Å². The van der Waals surface area contributed by atoms with Gasteiger partial charge in [-0.05, 0) is 33.7 Å². The fourth-order valence-corrected chi connectivity index (χ4v) is 3.17. The maximum absolute atomic E-state index is 9.45. The van der Waals surface area contributed by atoms with Crippen LogP contribution >= 0.6 is 11.3 Å². The molecule has 16 heavy (non-hydrogen) atoms. The first kappa shape index (κ1) is 12.0. The molecule has 1 fully saturated rings. The number of aliphatic hydroxyl groups is 1. The van der Waals surface area contributed by atoms with Crippen molar-refractivity contribution in [3.05, 3.63) is 16.1 Å². The molecule has 90 valence electrons. The Labute approximate surface area is 101 Å². The zero-order chi connectivity index (χ0) is 11.7. The van der Waals surface area contributed by atoms with Crippen molar-refractivity contribution in [2.45, 2.75) is 45.3 Å². The fraction of sp³-hybridized carbons (Fsp3) is 0.750. The van der Waals surface area contributed by atoms with Gasteiger partial charge in [0.2, 0.25) is 0 Å². The van der Waals surface area contributed by atoms with Gasteiger partial charge in [-0.25, -0.2) is 4.98 Å². The third kappa shape index (κ3) is 2.44. The highest BCUT2D eigenvalue weighted by molar-refractivity contribution is 7.09. The minimum atomic E-state index is -0.437. The lowest BCUT2D eigenvalue weighted by Crippen LogP contribution is -2.27. The van der Waals surface area contributed by atoms with E-state index >= 15 is 0 Å². The molecule has 0 aromatic carbocycles. The van der Waals surface area contributed by atoms with Crippen molar-refractivity contribution >= 4 is 11.3 Å². The van der Waals surface area contributed by atoms with E-state index in [0.717, 1.165) is 12.2 Å². The number of likely N-dealkylation sites (tertiary alicyclic amines) is 1. The van der Waals surface area contributed by atoms with Crippen molar-refractivity contribution in [2.75, 3.05) is 13.1 Å². The second kappa shape index (κ2) is 4.82. The number of rotatable bonds is 3. The molecule has 2 atom stereocenters. The van der Waals surface area contributed by atoms with E-state index in [0.29, 0.717) is 12.0 Å². The van der Waals surface area contributed by atoms with Crippen LogP contribution in [0.15, 0.2) is 5.38 Å². The molecule has 0 radical (unpaired) electrons. The molecule has 1 aliphatic heterocycles. The van der Waals surface area contributed by atoms with Gasteiger partial charge in [-0.15, -0.1) is 11.3 Å². The van der Waals surface area contributed by atoms with E-state index in [9.17, 15) is 5.11 Å². The molecule has 0 spiro atoms. The molecular weight excluding hydrogens is 220 g/mol. The highest BCUT2D eigenvalue weighted by Gasteiger charge is 2.27. The number of aliphatic hydroxyl groups excluding tert-OH is 1. The first-order valence-electron chi connectivity index (χ1n) is 5.95. The summed E-state index contributed by atoms with van der Waals surface area (Å²) in [6.45, 7) is 8.54. The van der Waals surface area contributed by atoms with Crippen LogP contribution in [0.4, 0.5) is 0 Å². The Morgan fingerprint density at radius 3 is 2.75 bits per heavy atom. The standard InChI is InChI=1S/C12H20N2OS/c1-8(2)14-5-4-10(6-14)12-13-11(7-16-12)9(3)15/h7-10,15H,4-6H2,1-3H3. The number of nitrogens with zero attached hydrogens (tertiary/aromatic N) is 2. The number of aromatic nitrogens is 1. The van der Waals surface area contributed by atoms with Gasteiger partial charge in [-0.1, -0.05) is 0 Å². The van der Waals surface area contributed by atoms with E-state index in [1.54, 1.807) is 18.3 Å². The molecule has 1 saturated heterocycles. The molecule has 1 N–H and O–H groups in total. The Balaban J connectivity index is 2.03. The zero-order valence-electron chi connectivity index (χ0n) is 10.2. The van der Waals surface area contributed by atoms with Crippen LogP contribution in [0.5, 0.6) is 0 Å². The highest BCUT2D eigenvalue weighted by atomic mass is 32.1. The largest absolute Gasteiger partial charge is 0.387 e. The molecule has 0 aliphatic carbocycles. The second-order valence-electron chi connectivity index (χ2n) is 4.86. The SMILES string of the molecule is CC(O)c1csc(C2CCN(C(C)C)C2)n1.